The molecule has 6 rings (SSSR count). The zero-order valence-electron chi connectivity index (χ0n) is 23.4. The second-order valence-corrected chi connectivity index (χ2v) is 11.3. The number of nitrogens with one attached hydrogen (secondary N) is 1. The highest BCUT2D eigenvalue weighted by Gasteiger charge is 2.29. The number of anilines is 1. The molecule has 0 radical (unpaired) electrons. The van der Waals surface area contributed by atoms with E-state index in [9.17, 15) is 8.78 Å². The van der Waals surface area contributed by atoms with Gasteiger partial charge < -0.3 is 14.6 Å². The molecule has 0 atom stereocenters. The van der Waals surface area contributed by atoms with Crippen molar-refractivity contribution in [2.45, 2.75) is 59.1 Å². The predicted octanol–water partition coefficient (Wildman–Crippen LogP) is 8.22. The maximum absolute atomic E-state index is 14.6. The number of aromatic nitrogens is 3. The zero-order chi connectivity index (χ0) is 28.7. The Kier molecular flexibility index (Phi) is 7.34. The van der Waals surface area contributed by atoms with Crippen LogP contribution in [0.3, 0.4) is 0 Å². The fourth-order valence-electron chi connectivity index (χ4n) is 5.68. The van der Waals surface area contributed by atoms with Gasteiger partial charge in [-0.05, 0) is 79.1 Å². The number of para-hydroxylation sites is 1. The molecule has 3 aromatic carbocycles. The van der Waals surface area contributed by atoms with Crippen LogP contribution in [-0.2, 0) is 19.6 Å². The van der Waals surface area contributed by atoms with Crippen LogP contribution in [-0.4, -0.2) is 19.2 Å². The van der Waals surface area contributed by atoms with E-state index in [1.54, 1.807) is 30.3 Å². The van der Waals surface area contributed by atoms with E-state index < -0.39 is 5.82 Å². The molecule has 0 saturated carbocycles. The minimum Gasteiger partial charge on any atom is -0.485 e. The number of hydrogen-bond acceptors (Lipinski definition) is 3. The molecule has 5 aromatic rings. The minimum absolute atomic E-state index is 0.287. The van der Waals surface area contributed by atoms with Crippen molar-refractivity contribution in [3.63, 3.8) is 0 Å². The second-order valence-electron chi connectivity index (χ2n) is 10.9. The van der Waals surface area contributed by atoms with Gasteiger partial charge in [0, 0.05) is 17.7 Å². The van der Waals surface area contributed by atoms with Crippen LogP contribution in [0.4, 0.5) is 14.5 Å². The van der Waals surface area contributed by atoms with Gasteiger partial charge in [-0.25, -0.2) is 13.3 Å². The summed E-state index contributed by atoms with van der Waals surface area (Å²) in [5, 5.41) is 8.15. The first-order valence-corrected chi connectivity index (χ1v) is 14.4. The van der Waals surface area contributed by atoms with Crippen LogP contribution >= 0.6 is 12.2 Å². The number of hydrogen-bond donors (Lipinski definition) is 1. The Labute approximate surface area is 243 Å². The molecule has 1 N–H and O–H groups in total. The summed E-state index contributed by atoms with van der Waals surface area (Å²) in [5.74, 6) is 1.27. The summed E-state index contributed by atoms with van der Waals surface area (Å²) in [6.45, 7) is 7.46. The Bertz CT molecular complexity index is 1750. The molecule has 5 nitrogen and oxygen atoms in total. The Hall–Kier alpha value is -4.04. The molecular weight excluding hydrogens is 538 g/mol. The van der Waals surface area contributed by atoms with E-state index >= 15 is 0 Å². The fraction of sp³-hybridized carbons (Fsp3) is 0.273. The van der Waals surface area contributed by atoms with Gasteiger partial charge in [-0.1, -0.05) is 62.5 Å². The molecule has 3 heterocycles. The highest BCUT2D eigenvalue weighted by atomic mass is 32.1. The molecule has 0 bridgehead atoms. The van der Waals surface area contributed by atoms with Gasteiger partial charge in [0.2, 0.25) is 0 Å². The van der Waals surface area contributed by atoms with E-state index in [0.29, 0.717) is 23.2 Å². The van der Waals surface area contributed by atoms with Crippen LogP contribution < -0.4 is 10.1 Å². The maximum atomic E-state index is 14.6. The molecule has 0 unspecified atom stereocenters. The standard InChI is InChI=1S/C33H32F2N4OS/c1-20(2)24-16-11-21(3)18-28(24)40-19-29-37-39-31(32(41)36-27-10-5-4-9-26(27)35)30(22-12-14-23(34)15-13-22)25-8-6-7-17-38(29)33(25)39/h4-5,9-16,18,20H,6-8,17,19H2,1-3H3,(H,36,41). The van der Waals surface area contributed by atoms with E-state index in [1.807, 2.05) is 4.52 Å². The number of ether oxygens (including phenoxy) is 1. The van der Waals surface area contributed by atoms with Crippen LogP contribution in [0.2, 0.25) is 0 Å². The molecule has 0 amide bonds. The lowest BCUT2D eigenvalue weighted by molar-refractivity contribution is 0.284. The first-order valence-electron chi connectivity index (χ1n) is 14.0. The lowest BCUT2D eigenvalue weighted by atomic mass is 9.98. The molecule has 1 aliphatic heterocycles. The van der Waals surface area contributed by atoms with Gasteiger partial charge in [0.1, 0.15) is 40.3 Å². The van der Waals surface area contributed by atoms with Crippen LogP contribution in [0, 0.1) is 18.6 Å². The van der Waals surface area contributed by atoms with Crippen LogP contribution in [0.5, 0.6) is 5.75 Å². The minimum atomic E-state index is -0.397. The van der Waals surface area contributed by atoms with E-state index in [1.165, 1.54) is 18.2 Å². The molecule has 0 saturated heterocycles. The third-order valence-corrected chi connectivity index (χ3v) is 7.98. The molecule has 0 spiro atoms. The van der Waals surface area contributed by atoms with Crippen molar-refractivity contribution >= 4 is 28.5 Å². The van der Waals surface area contributed by atoms with Gasteiger partial charge in [0.15, 0.2) is 5.82 Å². The smallest absolute Gasteiger partial charge is 0.169 e. The molecule has 8 heteroatoms. The Balaban J connectivity index is 1.49. The third-order valence-electron chi connectivity index (χ3n) is 7.68. The van der Waals surface area contributed by atoms with Crippen LogP contribution in [0.25, 0.3) is 16.8 Å². The number of aryl methyl sites for hydroxylation is 3. The van der Waals surface area contributed by atoms with Crippen molar-refractivity contribution in [2.24, 2.45) is 0 Å². The molecule has 2 aromatic heterocycles. The van der Waals surface area contributed by atoms with Crippen LogP contribution in [0.15, 0.2) is 66.7 Å². The van der Waals surface area contributed by atoms with Crippen molar-refractivity contribution in [1.29, 1.82) is 0 Å². The zero-order valence-corrected chi connectivity index (χ0v) is 24.2. The SMILES string of the molecule is Cc1ccc(C(C)C)c(OCc2nn3c(C(=S)Nc4ccccc4F)c(-c4ccc(F)cc4)c4c3n2CCCC4)c1. The Morgan fingerprint density at radius 2 is 1.83 bits per heavy atom. The monoisotopic (exact) mass is 570 g/mol. The van der Waals surface area contributed by atoms with Crippen molar-refractivity contribution in [3.05, 3.63) is 107 Å². The summed E-state index contributed by atoms with van der Waals surface area (Å²) in [7, 11) is 0. The molecule has 41 heavy (non-hydrogen) atoms. The van der Waals surface area contributed by atoms with Crippen molar-refractivity contribution in [2.75, 3.05) is 5.32 Å². The molecule has 0 aliphatic carbocycles. The van der Waals surface area contributed by atoms with E-state index in [0.717, 1.165) is 70.8 Å². The van der Waals surface area contributed by atoms with Gasteiger partial charge in [0.25, 0.3) is 0 Å². The highest BCUT2D eigenvalue weighted by molar-refractivity contribution is 7.81. The summed E-state index contributed by atoms with van der Waals surface area (Å²) < 4.78 is 39.1. The lowest BCUT2D eigenvalue weighted by Gasteiger charge is -2.15. The van der Waals surface area contributed by atoms with Crippen molar-refractivity contribution < 1.29 is 13.5 Å². The van der Waals surface area contributed by atoms with Crippen LogP contribution in [0.1, 0.15) is 60.8 Å². The topological polar surface area (TPSA) is 43.5 Å². The predicted molar refractivity (Wildman–Crippen MR) is 163 cm³/mol. The summed E-state index contributed by atoms with van der Waals surface area (Å²) in [6, 6.07) is 19.2. The summed E-state index contributed by atoms with van der Waals surface area (Å²) in [6.07, 6.45) is 2.80. The van der Waals surface area contributed by atoms with Crippen molar-refractivity contribution in [3.8, 4) is 16.9 Å². The largest absolute Gasteiger partial charge is 0.485 e. The van der Waals surface area contributed by atoms with E-state index in [2.05, 4.69) is 48.9 Å². The maximum Gasteiger partial charge on any atom is 0.169 e. The third kappa shape index (κ3) is 5.12. The average Bonchev–Trinajstić information content (AvgIpc) is 3.35. The Morgan fingerprint density at radius 1 is 1.05 bits per heavy atom. The quantitative estimate of drug-likeness (QED) is 0.200. The second kappa shape index (κ2) is 11.1. The summed E-state index contributed by atoms with van der Waals surface area (Å²) in [5.41, 5.74) is 7.00. The average molecular weight is 571 g/mol. The molecular formula is C33H32F2N4OS. The molecule has 1 aliphatic rings. The first-order chi connectivity index (χ1) is 19.8. The number of thiocarbonyl (C=S) groups is 1. The van der Waals surface area contributed by atoms with E-state index in [4.69, 9.17) is 22.1 Å². The normalized spacial score (nSPS) is 13.0. The summed E-state index contributed by atoms with van der Waals surface area (Å²) in [4.78, 5) is 0.342. The number of nitrogens with zero attached hydrogens (tertiary/aromatic N) is 3. The number of halogens is 2. The summed E-state index contributed by atoms with van der Waals surface area (Å²) >= 11 is 5.92. The molecule has 210 valence electrons. The van der Waals surface area contributed by atoms with E-state index in [-0.39, 0.29) is 11.5 Å². The van der Waals surface area contributed by atoms with Gasteiger partial charge in [0.05, 0.1) is 5.69 Å². The number of rotatable bonds is 7. The van der Waals surface area contributed by atoms with Gasteiger partial charge >= 0.3 is 0 Å². The van der Waals surface area contributed by atoms with Gasteiger partial charge in [-0.3, -0.25) is 0 Å². The van der Waals surface area contributed by atoms with Crippen molar-refractivity contribution in [1.82, 2.24) is 14.2 Å². The number of benzene rings is 3. The van der Waals surface area contributed by atoms with Gasteiger partial charge in [-0.2, -0.15) is 0 Å². The lowest BCUT2D eigenvalue weighted by Crippen LogP contribution is -2.16. The fourth-order valence-corrected chi connectivity index (χ4v) is 5.98. The van der Waals surface area contributed by atoms with Gasteiger partial charge in [-0.15, -0.1) is 5.10 Å². The Morgan fingerprint density at radius 3 is 2.59 bits per heavy atom. The molecule has 0 fully saturated rings. The first kappa shape index (κ1) is 27.1. The highest BCUT2D eigenvalue weighted by Crippen LogP contribution is 2.38.